The Morgan fingerprint density at radius 3 is 2.17 bits per heavy atom. The molecule has 0 amide bonds. The highest BCUT2D eigenvalue weighted by Crippen LogP contribution is 2.41. The monoisotopic (exact) mass is 443 g/mol. The largest absolute Gasteiger partial charge is 0.508 e. The number of rotatable bonds is 5. The predicted molar refractivity (Wildman–Crippen MR) is 97.8 cm³/mol. The molecule has 0 unspecified atom stereocenters. The molecular formula is C19H10ClF4NO5. The molecule has 3 aromatic rings. The Morgan fingerprint density at radius 2 is 1.60 bits per heavy atom. The summed E-state index contributed by atoms with van der Waals surface area (Å²) in [6.45, 7) is 0. The van der Waals surface area contributed by atoms with Gasteiger partial charge in [0.25, 0.3) is 0 Å². The van der Waals surface area contributed by atoms with Crippen LogP contribution >= 0.6 is 11.6 Å². The summed E-state index contributed by atoms with van der Waals surface area (Å²) in [6.07, 6.45) is -4.80. The zero-order valence-electron chi connectivity index (χ0n) is 14.6. The van der Waals surface area contributed by atoms with Crippen LogP contribution in [0.3, 0.4) is 0 Å². The molecule has 0 aliphatic carbocycles. The summed E-state index contributed by atoms with van der Waals surface area (Å²) in [5, 5.41) is 19.9. The molecule has 0 spiro atoms. The number of phenolic OH excluding ortho intramolecular Hbond substituents is 1. The van der Waals surface area contributed by atoms with Crippen molar-refractivity contribution in [1.82, 2.24) is 0 Å². The van der Waals surface area contributed by atoms with Gasteiger partial charge in [0.15, 0.2) is 11.6 Å². The molecular weight excluding hydrogens is 434 g/mol. The first-order valence-electron chi connectivity index (χ1n) is 8.04. The molecule has 0 aliphatic rings. The van der Waals surface area contributed by atoms with Crippen molar-refractivity contribution in [3.05, 3.63) is 81.1 Å². The lowest BCUT2D eigenvalue weighted by molar-refractivity contribution is -0.385. The first kappa shape index (κ1) is 21.2. The minimum atomic E-state index is -4.80. The van der Waals surface area contributed by atoms with Gasteiger partial charge >= 0.3 is 11.9 Å². The fourth-order valence-corrected chi connectivity index (χ4v) is 2.62. The maximum atomic E-state index is 14.1. The minimum absolute atomic E-state index is 0.0543. The first-order chi connectivity index (χ1) is 14.0. The summed E-state index contributed by atoms with van der Waals surface area (Å²) in [6, 6.07) is 9.17. The lowest BCUT2D eigenvalue weighted by Gasteiger charge is -2.13. The van der Waals surface area contributed by atoms with Crippen molar-refractivity contribution < 1.29 is 37.1 Å². The number of nitrogens with zero attached hydrogens (tertiary/aromatic N) is 1. The summed E-state index contributed by atoms with van der Waals surface area (Å²) < 4.78 is 63.0. The fraction of sp³-hybridized carbons (Fsp3) is 0.0526. The van der Waals surface area contributed by atoms with Crippen molar-refractivity contribution in [3.8, 4) is 28.7 Å². The quantitative estimate of drug-likeness (QED) is 0.269. The van der Waals surface area contributed by atoms with E-state index in [0.29, 0.717) is 6.07 Å². The Labute approximate surface area is 171 Å². The second-order valence-electron chi connectivity index (χ2n) is 5.85. The van der Waals surface area contributed by atoms with Crippen LogP contribution in [0.25, 0.3) is 0 Å². The van der Waals surface area contributed by atoms with Gasteiger partial charge in [0.1, 0.15) is 17.2 Å². The van der Waals surface area contributed by atoms with E-state index in [-0.39, 0.29) is 29.1 Å². The molecule has 0 saturated carbocycles. The molecule has 0 heterocycles. The highest BCUT2D eigenvalue weighted by atomic mass is 35.5. The topological polar surface area (TPSA) is 81.8 Å². The molecule has 0 aliphatic heterocycles. The van der Waals surface area contributed by atoms with Crippen LogP contribution < -0.4 is 9.47 Å². The van der Waals surface area contributed by atoms with Gasteiger partial charge in [-0.3, -0.25) is 10.1 Å². The van der Waals surface area contributed by atoms with Gasteiger partial charge in [-0.1, -0.05) is 11.6 Å². The predicted octanol–water partition coefficient (Wildman–Crippen LogP) is 6.70. The van der Waals surface area contributed by atoms with Crippen molar-refractivity contribution in [2.75, 3.05) is 0 Å². The summed E-state index contributed by atoms with van der Waals surface area (Å²) in [5.41, 5.74) is -1.74. The molecule has 0 aromatic heterocycles. The molecule has 0 atom stereocenters. The van der Waals surface area contributed by atoms with E-state index in [4.69, 9.17) is 21.1 Å². The SMILES string of the molecule is O=[N+]([O-])c1ccc(Oc2c(F)cc(C(F)(F)F)cc2Cl)cc1Oc1ccc(O)cc1. The van der Waals surface area contributed by atoms with Crippen molar-refractivity contribution in [2.24, 2.45) is 0 Å². The molecule has 3 aromatic carbocycles. The molecule has 11 heteroatoms. The molecule has 156 valence electrons. The number of nitro groups is 1. The van der Waals surface area contributed by atoms with Crippen LogP contribution in [-0.4, -0.2) is 10.0 Å². The molecule has 1 N–H and O–H groups in total. The molecule has 0 radical (unpaired) electrons. The summed E-state index contributed by atoms with van der Waals surface area (Å²) >= 11 is 5.73. The van der Waals surface area contributed by atoms with Crippen LogP contribution in [0.15, 0.2) is 54.6 Å². The first-order valence-corrected chi connectivity index (χ1v) is 8.42. The van der Waals surface area contributed by atoms with Gasteiger partial charge in [-0.15, -0.1) is 0 Å². The Hall–Kier alpha value is -3.53. The maximum absolute atomic E-state index is 14.1. The van der Waals surface area contributed by atoms with Crippen molar-refractivity contribution >= 4 is 17.3 Å². The highest BCUT2D eigenvalue weighted by molar-refractivity contribution is 6.32. The van der Waals surface area contributed by atoms with Crippen LogP contribution in [0, 0.1) is 15.9 Å². The molecule has 0 fully saturated rings. The summed E-state index contributed by atoms with van der Waals surface area (Å²) in [5.74, 6) is -2.42. The number of nitro benzene ring substituents is 1. The summed E-state index contributed by atoms with van der Waals surface area (Å²) in [7, 11) is 0. The Kier molecular flexibility index (Phi) is 5.70. The smallest absolute Gasteiger partial charge is 0.416 e. The molecule has 0 bridgehead atoms. The standard InChI is InChI=1S/C19H10ClF4NO5/c20-14-7-10(19(22,23)24)8-15(21)18(14)30-13-5-6-16(25(27)28)17(9-13)29-12-3-1-11(26)2-4-12/h1-9,26H. The third kappa shape index (κ3) is 4.71. The minimum Gasteiger partial charge on any atom is -0.508 e. The number of hydrogen-bond acceptors (Lipinski definition) is 5. The summed E-state index contributed by atoms with van der Waals surface area (Å²) in [4.78, 5) is 10.5. The lowest BCUT2D eigenvalue weighted by Crippen LogP contribution is -2.06. The average Bonchev–Trinajstić information content (AvgIpc) is 2.65. The number of alkyl halides is 3. The van der Waals surface area contributed by atoms with Crippen molar-refractivity contribution in [1.29, 1.82) is 0 Å². The van der Waals surface area contributed by atoms with Gasteiger partial charge in [-0.2, -0.15) is 13.2 Å². The van der Waals surface area contributed by atoms with Gasteiger partial charge in [-0.25, -0.2) is 4.39 Å². The number of phenols is 1. The van der Waals surface area contributed by atoms with E-state index in [1.807, 2.05) is 0 Å². The Bertz CT molecular complexity index is 1080. The van der Waals surface area contributed by atoms with Gasteiger partial charge in [-0.05, 0) is 42.5 Å². The molecule has 3 rings (SSSR count). The van der Waals surface area contributed by atoms with Crippen molar-refractivity contribution in [2.45, 2.75) is 6.18 Å². The Balaban J connectivity index is 1.96. The zero-order valence-corrected chi connectivity index (χ0v) is 15.4. The number of benzene rings is 3. The van der Waals surface area contributed by atoms with Gasteiger partial charge in [0.2, 0.25) is 5.75 Å². The van der Waals surface area contributed by atoms with Crippen LogP contribution in [0.4, 0.5) is 23.2 Å². The van der Waals surface area contributed by atoms with Crippen LogP contribution in [0.1, 0.15) is 5.56 Å². The normalized spacial score (nSPS) is 11.2. The van der Waals surface area contributed by atoms with Gasteiger partial charge in [0.05, 0.1) is 15.5 Å². The number of halogens is 5. The van der Waals surface area contributed by atoms with E-state index in [1.165, 1.54) is 24.3 Å². The number of ether oxygens (including phenoxy) is 2. The van der Waals surface area contributed by atoms with Gasteiger partial charge < -0.3 is 14.6 Å². The van der Waals surface area contributed by atoms with Crippen LogP contribution in [0.2, 0.25) is 5.02 Å². The maximum Gasteiger partial charge on any atom is 0.416 e. The highest BCUT2D eigenvalue weighted by Gasteiger charge is 2.32. The van der Waals surface area contributed by atoms with Crippen LogP contribution in [0.5, 0.6) is 28.7 Å². The third-order valence-electron chi connectivity index (χ3n) is 3.74. The van der Waals surface area contributed by atoms with E-state index in [0.717, 1.165) is 18.2 Å². The van der Waals surface area contributed by atoms with E-state index in [9.17, 15) is 32.8 Å². The molecule has 0 saturated heterocycles. The van der Waals surface area contributed by atoms with E-state index < -0.39 is 38.9 Å². The Morgan fingerprint density at radius 1 is 0.967 bits per heavy atom. The molecule has 30 heavy (non-hydrogen) atoms. The average molecular weight is 444 g/mol. The third-order valence-corrected chi connectivity index (χ3v) is 4.02. The second-order valence-corrected chi connectivity index (χ2v) is 6.26. The fourth-order valence-electron chi connectivity index (χ4n) is 2.37. The molecule has 6 nitrogen and oxygen atoms in total. The van der Waals surface area contributed by atoms with E-state index >= 15 is 0 Å². The van der Waals surface area contributed by atoms with Gasteiger partial charge in [0, 0.05) is 12.1 Å². The number of hydrogen-bond donors (Lipinski definition) is 1. The lowest BCUT2D eigenvalue weighted by atomic mass is 10.2. The van der Waals surface area contributed by atoms with Crippen molar-refractivity contribution in [3.63, 3.8) is 0 Å². The number of aromatic hydroxyl groups is 1. The zero-order chi connectivity index (χ0) is 22.1. The van der Waals surface area contributed by atoms with E-state index in [2.05, 4.69) is 0 Å². The van der Waals surface area contributed by atoms with Crippen LogP contribution in [-0.2, 0) is 6.18 Å². The van der Waals surface area contributed by atoms with E-state index in [1.54, 1.807) is 0 Å². The second kappa shape index (κ2) is 8.07.